The van der Waals surface area contributed by atoms with E-state index in [1.54, 1.807) is 7.11 Å². The molecule has 1 aromatic rings. The molecule has 7 heteroatoms. The molecular weight excluding hydrogens is 342 g/mol. The highest BCUT2D eigenvalue weighted by Crippen LogP contribution is 2.22. The number of amides is 2. The lowest BCUT2D eigenvalue weighted by atomic mass is 10.1. The smallest absolute Gasteiger partial charge is 0.321 e. The van der Waals surface area contributed by atoms with Crippen molar-refractivity contribution < 1.29 is 9.53 Å². The Morgan fingerprint density at radius 1 is 1.26 bits per heavy atom. The summed E-state index contributed by atoms with van der Waals surface area (Å²) >= 11 is 0. The van der Waals surface area contributed by atoms with Gasteiger partial charge in [0.1, 0.15) is 5.82 Å². The van der Waals surface area contributed by atoms with E-state index in [2.05, 4.69) is 22.0 Å². The summed E-state index contributed by atoms with van der Waals surface area (Å²) < 4.78 is 5.21. The van der Waals surface area contributed by atoms with Crippen molar-refractivity contribution in [3.8, 4) is 0 Å². The summed E-state index contributed by atoms with van der Waals surface area (Å²) in [6.45, 7) is 10.3. The molecule has 2 saturated heterocycles. The van der Waals surface area contributed by atoms with Gasteiger partial charge in [-0.2, -0.15) is 0 Å². The minimum atomic E-state index is -0.0290. The lowest BCUT2D eigenvalue weighted by Crippen LogP contribution is -2.56. The van der Waals surface area contributed by atoms with E-state index >= 15 is 0 Å². The molecule has 3 heterocycles. The molecule has 1 aromatic heterocycles. The summed E-state index contributed by atoms with van der Waals surface area (Å²) in [4.78, 5) is 24.1. The summed E-state index contributed by atoms with van der Waals surface area (Å²) in [5.74, 6) is 1.01. The molecule has 0 spiro atoms. The standard InChI is InChI=1S/C20H33N5O2/c1-4-17-15-25(12-11-23(17)13-14-27-3)20(26)22-18-7-8-19(21-16(18)2)24-9-5-6-10-24/h7-8,17H,4-6,9-15H2,1-3H3,(H,22,26). The van der Waals surface area contributed by atoms with Gasteiger partial charge >= 0.3 is 6.03 Å². The Bertz CT molecular complexity index is 633. The zero-order valence-electron chi connectivity index (χ0n) is 16.9. The summed E-state index contributed by atoms with van der Waals surface area (Å²) in [6, 6.07) is 4.36. The fourth-order valence-electron chi connectivity index (χ4n) is 3.96. The molecule has 1 atom stereocenters. The highest BCUT2D eigenvalue weighted by molar-refractivity contribution is 5.90. The van der Waals surface area contributed by atoms with Crippen LogP contribution in [0.1, 0.15) is 31.9 Å². The lowest BCUT2D eigenvalue weighted by Gasteiger charge is -2.41. The summed E-state index contributed by atoms with van der Waals surface area (Å²) in [5.41, 5.74) is 1.68. The lowest BCUT2D eigenvalue weighted by molar-refractivity contribution is 0.0652. The molecule has 7 nitrogen and oxygen atoms in total. The van der Waals surface area contributed by atoms with Gasteiger partial charge in [-0.15, -0.1) is 0 Å². The SMILES string of the molecule is CCC1CN(C(=O)Nc2ccc(N3CCCC3)nc2C)CCN1CCOC. The molecule has 1 N–H and O–H groups in total. The van der Waals surface area contributed by atoms with Gasteiger partial charge in [-0.05, 0) is 38.3 Å². The van der Waals surface area contributed by atoms with Crippen molar-refractivity contribution in [2.75, 3.05) is 63.2 Å². The van der Waals surface area contributed by atoms with Crippen LogP contribution in [0.15, 0.2) is 12.1 Å². The van der Waals surface area contributed by atoms with Gasteiger partial charge in [0.15, 0.2) is 0 Å². The molecule has 0 radical (unpaired) electrons. The highest BCUT2D eigenvalue weighted by Gasteiger charge is 2.28. The minimum absolute atomic E-state index is 0.0290. The topological polar surface area (TPSA) is 60.9 Å². The van der Waals surface area contributed by atoms with Gasteiger partial charge in [0.25, 0.3) is 0 Å². The molecule has 150 valence electrons. The molecular formula is C20H33N5O2. The molecule has 27 heavy (non-hydrogen) atoms. The second-order valence-electron chi connectivity index (χ2n) is 7.46. The third kappa shape index (κ3) is 4.90. The molecule has 2 aliphatic heterocycles. The van der Waals surface area contributed by atoms with E-state index < -0.39 is 0 Å². The van der Waals surface area contributed by atoms with Crippen LogP contribution in [0.25, 0.3) is 0 Å². The van der Waals surface area contributed by atoms with Crippen LogP contribution in [0.4, 0.5) is 16.3 Å². The van der Waals surface area contributed by atoms with Crippen LogP contribution >= 0.6 is 0 Å². The van der Waals surface area contributed by atoms with E-state index in [1.807, 2.05) is 24.0 Å². The molecule has 0 aliphatic carbocycles. The van der Waals surface area contributed by atoms with Crippen molar-refractivity contribution >= 4 is 17.5 Å². The second kappa shape index (κ2) is 9.37. The molecule has 2 amide bonds. The van der Waals surface area contributed by atoms with Crippen LogP contribution < -0.4 is 10.2 Å². The number of aromatic nitrogens is 1. The first-order chi connectivity index (χ1) is 13.1. The number of pyridine rings is 1. The molecule has 2 aliphatic rings. The van der Waals surface area contributed by atoms with E-state index in [0.717, 1.165) is 69.5 Å². The fourth-order valence-corrected chi connectivity index (χ4v) is 3.96. The third-order valence-corrected chi connectivity index (χ3v) is 5.69. The Morgan fingerprint density at radius 2 is 2.04 bits per heavy atom. The van der Waals surface area contributed by atoms with E-state index in [0.29, 0.717) is 6.04 Å². The van der Waals surface area contributed by atoms with Crippen molar-refractivity contribution in [2.45, 2.75) is 39.2 Å². The number of methoxy groups -OCH3 is 1. The first-order valence-electron chi connectivity index (χ1n) is 10.1. The number of ether oxygens (including phenoxy) is 1. The average molecular weight is 376 g/mol. The number of carbonyl (C=O) groups is 1. The molecule has 1 unspecified atom stereocenters. The summed E-state index contributed by atoms with van der Waals surface area (Å²) in [7, 11) is 1.73. The van der Waals surface area contributed by atoms with Crippen molar-refractivity contribution in [1.29, 1.82) is 0 Å². The normalized spacial score (nSPS) is 20.9. The number of urea groups is 1. The average Bonchev–Trinajstić information content (AvgIpc) is 3.22. The number of rotatable bonds is 6. The van der Waals surface area contributed by atoms with Gasteiger partial charge in [-0.25, -0.2) is 9.78 Å². The number of carbonyl (C=O) groups excluding carboxylic acids is 1. The zero-order valence-corrected chi connectivity index (χ0v) is 16.9. The number of nitrogens with one attached hydrogen (secondary N) is 1. The van der Waals surface area contributed by atoms with Gasteiger partial charge < -0.3 is 19.9 Å². The van der Waals surface area contributed by atoms with E-state index in [9.17, 15) is 4.79 Å². The number of nitrogens with zero attached hydrogens (tertiary/aromatic N) is 4. The van der Waals surface area contributed by atoms with Crippen LogP contribution in [-0.2, 0) is 4.74 Å². The van der Waals surface area contributed by atoms with Gasteiger partial charge in [-0.1, -0.05) is 6.92 Å². The maximum absolute atomic E-state index is 12.8. The first kappa shape index (κ1) is 19.9. The van der Waals surface area contributed by atoms with Crippen LogP contribution in [-0.4, -0.2) is 79.8 Å². The van der Waals surface area contributed by atoms with Gasteiger partial charge in [0.05, 0.1) is 18.0 Å². The Kier molecular flexibility index (Phi) is 6.90. The zero-order chi connectivity index (χ0) is 19.2. The number of anilines is 2. The van der Waals surface area contributed by atoms with Crippen LogP contribution in [0.2, 0.25) is 0 Å². The summed E-state index contributed by atoms with van der Waals surface area (Å²) in [6.07, 6.45) is 3.49. The number of piperazine rings is 1. The maximum Gasteiger partial charge on any atom is 0.321 e. The van der Waals surface area contributed by atoms with Gasteiger partial charge in [0.2, 0.25) is 0 Å². The van der Waals surface area contributed by atoms with Crippen LogP contribution in [0.5, 0.6) is 0 Å². The number of aryl methyl sites for hydroxylation is 1. The first-order valence-corrected chi connectivity index (χ1v) is 10.1. The quantitative estimate of drug-likeness (QED) is 0.828. The second-order valence-corrected chi connectivity index (χ2v) is 7.46. The molecule has 0 bridgehead atoms. The van der Waals surface area contributed by atoms with E-state index in [1.165, 1.54) is 12.8 Å². The van der Waals surface area contributed by atoms with Crippen LogP contribution in [0, 0.1) is 6.92 Å². The molecule has 0 aromatic carbocycles. The Balaban J connectivity index is 1.58. The van der Waals surface area contributed by atoms with Gasteiger partial charge in [0, 0.05) is 52.4 Å². The number of hydrogen-bond acceptors (Lipinski definition) is 5. The third-order valence-electron chi connectivity index (χ3n) is 5.69. The van der Waals surface area contributed by atoms with Gasteiger partial charge in [-0.3, -0.25) is 4.90 Å². The Morgan fingerprint density at radius 3 is 2.70 bits per heavy atom. The van der Waals surface area contributed by atoms with Crippen molar-refractivity contribution in [1.82, 2.24) is 14.8 Å². The monoisotopic (exact) mass is 375 g/mol. The molecule has 2 fully saturated rings. The molecule has 3 rings (SSSR count). The Hall–Kier alpha value is -1.86. The fraction of sp³-hybridized carbons (Fsp3) is 0.700. The Labute approximate surface area is 162 Å². The van der Waals surface area contributed by atoms with E-state index in [-0.39, 0.29) is 6.03 Å². The van der Waals surface area contributed by atoms with E-state index in [4.69, 9.17) is 9.72 Å². The maximum atomic E-state index is 12.8. The number of hydrogen-bond donors (Lipinski definition) is 1. The molecule has 0 saturated carbocycles. The van der Waals surface area contributed by atoms with Crippen molar-refractivity contribution in [3.63, 3.8) is 0 Å². The van der Waals surface area contributed by atoms with Crippen molar-refractivity contribution in [2.24, 2.45) is 0 Å². The van der Waals surface area contributed by atoms with Crippen LogP contribution in [0.3, 0.4) is 0 Å². The highest BCUT2D eigenvalue weighted by atomic mass is 16.5. The minimum Gasteiger partial charge on any atom is -0.383 e. The predicted molar refractivity (Wildman–Crippen MR) is 109 cm³/mol. The summed E-state index contributed by atoms with van der Waals surface area (Å²) in [5, 5.41) is 3.06. The van der Waals surface area contributed by atoms with Crippen molar-refractivity contribution in [3.05, 3.63) is 17.8 Å². The largest absolute Gasteiger partial charge is 0.383 e. The predicted octanol–water partition coefficient (Wildman–Crippen LogP) is 2.56.